The number of amides is 2. The number of benzene rings is 1. The van der Waals surface area contributed by atoms with Crippen molar-refractivity contribution in [2.75, 3.05) is 11.9 Å². The molecule has 2 amide bonds. The Morgan fingerprint density at radius 3 is 2.48 bits per heavy atom. The predicted octanol–water partition coefficient (Wildman–Crippen LogP) is 3.32. The number of rotatable bonds is 6. The second-order valence-electron chi connectivity index (χ2n) is 5.17. The summed E-state index contributed by atoms with van der Waals surface area (Å²) in [5, 5.41) is 5.36. The van der Waals surface area contributed by atoms with Crippen LogP contribution in [0, 0.1) is 13.8 Å². The first-order valence-electron chi connectivity index (χ1n) is 7.48. The van der Waals surface area contributed by atoms with Crippen LogP contribution in [-0.4, -0.2) is 18.5 Å². The highest BCUT2D eigenvalue weighted by atomic mass is 16.2. The Morgan fingerprint density at radius 1 is 1.19 bits per heavy atom. The summed E-state index contributed by atoms with van der Waals surface area (Å²) in [5.41, 5.74) is 8.54. The zero-order valence-corrected chi connectivity index (χ0v) is 13.2. The van der Waals surface area contributed by atoms with Gasteiger partial charge in [-0.3, -0.25) is 10.3 Å². The normalized spacial score (nSPS) is 11.3. The van der Waals surface area contributed by atoms with E-state index < -0.39 is 0 Å². The highest BCUT2D eigenvalue weighted by Crippen LogP contribution is 2.18. The topological polar surface area (TPSA) is 79.5 Å². The van der Waals surface area contributed by atoms with Crippen molar-refractivity contribution in [3.63, 3.8) is 0 Å². The number of hydrogen-bond donors (Lipinski definition) is 3. The molecule has 5 nitrogen and oxygen atoms in total. The van der Waals surface area contributed by atoms with E-state index in [0.717, 1.165) is 29.7 Å². The molecule has 0 aliphatic carbocycles. The summed E-state index contributed by atoms with van der Waals surface area (Å²) in [5.74, 6) is 0.162. The van der Waals surface area contributed by atoms with Gasteiger partial charge in [-0.05, 0) is 31.4 Å². The van der Waals surface area contributed by atoms with Crippen LogP contribution >= 0.6 is 0 Å². The van der Waals surface area contributed by atoms with Gasteiger partial charge in [-0.25, -0.2) is 4.79 Å². The minimum absolute atomic E-state index is 0.162. The van der Waals surface area contributed by atoms with Crippen LogP contribution in [0.4, 0.5) is 10.5 Å². The van der Waals surface area contributed by atoms with E-state index in [9.17, 15) is 4.79 Å². The van der Waals surface area contributed by atoms with Crippen LogP contribution < -0.4 is 16.4 Å². The van der Waals surface area contributed by atoms with Crippen LogP contribution in [0.25, 0.3) is 0 Å². The zero-order chi connectivity index (χ0) is 15.7. The van der Waals surface area contributed by atoms with Gasteiger partial charge in [0.25, 0.3) is 0 Å². The third-order valence-corrected chi connectivity index (χ3v) is 3.26. The molecule has 0 atom stereocenters. The quantitative estimate of drug-likeness (QED) is 0.427. The smallest absolute Gasteiger partial charge is 0.326 e. The average Bonchev–Trinajstić information content (AvgIpc) is 2.43. The lowest BCUT2D eigenvalue weighted by atomic mass is 10.1. The molecule has 1 aromatic carbocycles. The second-order valence-corrected chi connectivity index (χ2v) is 5.17. The van der Waals surface area contributed by atoms with Crippen molar-refractivity contribution >= 4 is 17.7 Å². The molecule has 5 heteroatoms. The molecule has 0 heterocycles. The van der Waals surface area contributed by atoms with Crippen LogP contribution in [-0.2, 0) is 0 Å². The van der Waals surface area contributed by atoms with Crippen molar-refractivity contribution in [1.82, 2.24) is 5.32 Å². The Hall–Kier alpha value is -2.04. The van der Waals surface area contributed by atoms with E-state index in [1.807, 2.05) is 32.0 Å². The number of aryl methyl sites for hydroxylation is 2. The monoisotopic (exact) mass is 290 g/mol. The molecule has 21 heavy (non-hydrogen) atoms. The number of carbonyl (C=O) groups is 1. The Balaban J connectivity index is 2.44. The molecule has 1 aromatic rings. The van der Waals surface area contributed by atoms with Crippen LogP contribution in [0.1, 0.15) is 43.7 Å². The van der Waals surface area contributed by atoms with Crippen molar-refractivity contribution in [2.45, 2.75) is 46.5 Å². The number of guanidine groups is 1. The number of nitrogens with one attached hydrogen (secondary N) is 2. The van der Waals surface area contributed by atoms with Gasteiger partial charge in [-0.1, -0.05) is 44.4 Å². The SMILES string of the molecule is CCCCCCN=C(N)NC(=O)Nc1c(C)cccc1C. The van der Waals surface area contributed by atoms with E-state index in [1.165, 1.54) is 12.8 Å². The molecular weight excluding hydrogens is 264 g/mol. The maximum absolute atomic E-state index is 11.9. The van der Waals surface area contributed by atoms with Crippen LogP contribution in [0.15, 0.2) is 23.2 Å². The maximum atomic E-state index is 11.9. The van der Waals surface area contributed by atoms with E-state index in [1.54, 1.807) is 0 Å². The highest BCUT2D eigenvalue weighted by Gasteiger charge is 2.07. The van der Waals surface area contributed by atoms with Crippen molar-refractivity contribution in [1.29, 1.82) is 0 Å². The summed E-state index contributed by atoms with van der Waals surface area (Å²) < 4.78 is 0. The number of para-hydroxylation sites is 1. The Labute approximate surface area is 127 Å². The van der Waals surface area contributed by atoms with Crippen LogP contribution in [0.2, 0.25) is 0 Å². The van der Waals surface area contributed by atoms with Gasteiger partial charge < -0.3 is 11.1 Å². The average molecular weight is 290 g/mol. The molecule has 0 saturated carbocycles. The molecule has 0 aliphatic heterocycles. The number of carbonyl (C=O) groups excluding carboxylic acids is 1. The molecule has 0 aromatic heterocycles. The van der Waals surface area contributed by atoms with E-state index in [2.05, 4.69) is 22.5 Å². The van der Waals surface area contributed by atoms with Gasteiger partial charge in [-0.15, -0.1) is 0 Å². The van der Waals surface area contributed by atoms with Gasteiger partial charge in [0.15, 0.2) is 5.96 Å². The number of urea groups is 1. The van der Waals surface area contributed by atoms with Gasteiger partial charge >= 0.3 is 6.03 Å². The number of anilines is 1. The highest BCUT2D eigenvalue weighted by molar-refractivity contribution is 6.02. The molecule has 4 N–H and O–H groups in total. The van der Waals surface area contributed by atoms with E-state index in [-0.39, 0.29) is 12.0 Å². The predicted molar refractivity (Wildman–Crippen MR) is 88.7 cm³/mol. The number of hydrogen-bond acceptors (Lipinski definition) is 2. The number of nitrogens with zero attached hydrogens (tertiary/aromatic N) is 1. The molecule has 1 rings (SSSR count). The standard InChI is InChI=1S/C16H26N4O/c1-4-5-6-7-11-18-15(17)20-16(21)19-14-12(2)9-8-10-13(14)3/h8-10H,4-7,11H2,1-3H3,(H4,17,18,19,20,21). The number of aliphatic imine (C=N–C) groups is 1. The van der Waals surface area contributed by atoms with Gasteiger partial charge in [0.05, 0.1) is 0 Å². The first-order chi connectivity index (χ1) is 10.0. The summed E-state index contributed by atoms with van der Waals surface area (Å²) >= 11 is 0. The Bertz CT molecular complexity index is 477. The van der Waals surface area contributed by atoms with Crippen LogP contribution in [0.3, 0.4) is 0 Å². The first kappa shape index (κ1) is 17.0. The van der Waals surface area contributed by atoms with Crippen LogP contribution in [0.5, 0.6) is 0 Å². The fourth-order valence-corrected chi connectivity index (χ4v) is 2.05. The third-order valence-electron chi connectivity index (χ3n) is 3.26. The van der Waals surface area contributed by atoms with Crippen molar-refractivity contribution < 1.29 is 4.79 Å². The lowest BCUT2D eigenvalue weighted by Gasteiger charge is -2.12. The summed E-state index contributed by atoms with van der Waals surface area (Å²) in [4.78, 5) is 16.0. The van der Waals surface area contributed by atoms with Gasteiger partial charge in [0, 0.05) is 12.2 Å². The summed E-state index contributed by atoms with van der Waals surface area (Å²) in [6.07, 6.45) is 4.53. The van der Waals surface area contributed by atoms with Crippen molar-refractivity contribution in [2.24, 2.45) is 10.7 Å². The van der Waals surface area contributed by atoms with E-state index >= 15 is 0 Å². The van der Waals surface area contributed by atoms with Crippen molar-refractivity contribution in [3.8, 4) is 0 Å². The molecule has 0 saturated heterocycles. The molecule has 0 fully saturated rings. The fraction of sp³-hybridized carbons (Fsp3) is 0.500. The Morgan fingerprint density at radius 2 is 1.86 bits per heavy atom. The van der Waals surface area contributed by atoms with E-state index in [0.29, 0.717) is 6.54 Å². The second kappa shape index (κ2) is 9.00. The fourth-order valence-electron chi connectivity index (χ4n) is 2.05. The Kier molecular flexibility index (Phi) is 7.29. The van der Waals surface area contributed by atoms with Gasteiger partial charge in [0.2, 0.25) is 0 Å². The van der Waals surface area contributed by atoms with Crippen molar-refractivity contribution in [3.05, 3.63) is 29.3 Å². The third kappa shape index (κ3) is 6.29. The largest absolute Gasteiger partial charge is 0.370 e. The van der Waals surface area contributed by atoms with Gasteiger partial charge in [0.1, 0.15) is 0 Å². The van der Waals surface area contributed by atoms with Gasteiger partial charge in [-0.2, -0.15) is 0 Å². The molecule has 0 unspecified atom stereocenters. The minimum atomic E-state index is -0.359. The summed E-state index contributed by atoms with van der Waals surface area (Å²) in [6.45, 7) is 6.72. The first-order valence-corrected chi connectivity index (χ1v) is 7.48. The summed E-state index contributed by atoms with van der Waals surface area (Å²) in [7, 11) is 0. The molecular formula is C16H26N4O. The zero-order valence-electron chi connectivity index (χ0n) is 13.2. The summed E-state index contributed by atoms with van der Waals surface area (Å²) in [6, 6.07) is 5.50. The maximum Gasteiger partial charge on any atom is 0.326 e. The van der Waals surface area contributed by atoms with E-state index in [4.69, 9.17) is 5.73 Å². The molecule has 0 bridgehead atoms. The molecule has 116 valence electrons. The molecule has 0 spiro atoms. The number of nitrogens with two attached hydrogens (primary N) is 1. The molecule has 0 aliphatic rings. The molecule has 0 radical (unpaired) electrons. The lowest BCUT2D eigenvalue weighted by molar-refractivity contribution is 0.256. The minimum Gasteiger partial charge on any atom is -0.370 e. The number of unbranched alkanes of at least 4 members (excludes halogenated alkanes) is 3. The lowest BCUT2D eigenvalue weighted by Crippen LogP contribution is -2.40.